The quantitative estimate of drug-likeness (QED) is 0.636. The van der Waals surface area contributed by atoms with Crippen molar-refractivity contribution in [3.63, 3.8) is 0 Å². The van der Waals surface area contributed by atoms with Gasteiger partial charge in [0, 0.05) is 11.5 Å². The van der Waals surface area contributed by atoms with Gasteiger partial charge in [0.05, 0.1) is 19.3 Å². The summed E-state index contributed by atoms with van der Waals surface area (Å²) < 4.78 is 17.8. The highest BCUT2D eigenvalue weighted by atomic mass is 16.7. The van der Waals surface area contributed by atoms with Crippen LogP contribution >= 0.6 is 0 Å². The molecule has 3 fully saturated rings. The summed E-state index contributed by atoms with van der Waals surface area (Å²) >= 11 is 0. The molecule has 0 unspecified atom stereocenters. The third-order valence-electron chi connectivity index (χ3n) is 6.97. The van der Waals surface area contributed by atoms with Gasteiger partial charge in [0.15, 0.2) is 6.29 Å². The molecule has 3 aliphatic rings. The first-order valence-corrected chi connectivity index (χ1v) is 11.2. The number of hydrogen-bond donors (Lipinski definition) is 0. The Morgan fingerprint density at radius 2 is 1.26 bits per heavy atom. The summed E-state index contributed by atoms with van der Waals surface area (Å²) in [5.41, 5.74) is 1.09. The van der Waals surface area contributed by atoms with Crippen LogP contribution < -0.4 is 4.74 Å². The highest BCUT2D eigenvalue weighted by Crippen LogP contribution is 2.40. The van der Waals surface area contributed by atoms with E-state index in [2.05, 4.69) is 38.1 Å². The van der Waals surface area contributed by atoms with E-state index in [0.29, 0.717) is 12.0 Å². The molecule has 0 radical (unpaired) electrons. The summed E-state index contributed by atoms with van der Waals surface area (Å²) in [5.74, 6) is 4.35. The third-order valence-corrected chi connectivity index (χ3v) is 6.97. The van der Waals surface area contributed by atoms with Crippen LogP contribution in [-0.4, -0.2) is 19.3 Å². The van der Waals surface area contributed by atoms with E-state index in [1.807, 2.05) is 0 Å². The summed E-state index contributed by atoms with van der Waals surface area (Å²) in [7, 11) is 0. The van der Waals surface area contributed by atoms with Crippen LogP contribution in [0.3, 0.4) is 0 Å². The van der Waals surface area contributed by atoms with Crippen LogP contribution in [0.1, 0.15) is 77.1 Å². The van der Waals surface area contributed by atoms with Gasteiger partial charge >= 0.3 is 0 Å². The van der Waals surface area contributed by atoms with Crippen molar-refractivity contribution < 1.29 is 14.2 Å². The zero-order valence-corrected chi connectivity index (χ0v) is 17.1. The average molecular weight is 373 g/mol. The smallest absolute Gasteiger partial charge is 0.183 e. The molecule has 1 aromatic rings. The molecule has 1 aromatic carbocycles. The average Bonchev–Trinajstić information content (AvgIpc) is 2.71. The number of rotatable bonds is 4. The largest absolute Gasteiger partial charge is 0.490 e. The second kappa shape index (κ2) is 8.96. The number of hydrogen-bond acceptors (Lipinski definition) is 3. The van der Waals surface area contributed by atoms with Gasteiger partial charge in [-0.15, -0.1) is 0 Å². The summed E-state index contributed by atoms with van der Waals surface area (Å²) in [6.45, 7) is 6.11. The molecular formula is C24H36O3. The third kappa shape index (κ3) is 5.06. The lowest BCUT2D eigenvalue weighted by Gasteiger charge is -2.37. The molecule has 3 heteroatoms. The summed E-state index contributed by atoms with van der Waals surface area (Å²) in [6, 6.07) is 8.33. The zero-order valence-electron chi connectivity index (χ0n) is 17.1. The lowest BCUT2D eigenvalue weighted by atomic mass is 9.71. The minimum atomic E-state index is -0.219. The van der Waals surface area contributed by atoms with E-state index in [4.69, 9.17) is 14.2 Å². The second-order valence-electron chi connectivity index (χ2n) is 9.35. The molecule has 0 aromatic heterocycles. The van der Waals surface area contributed by atoms with E-state index in [9.17, 15) is 0 Å². The summed E-state index contributed by atoms with van der Waals surface area (Å²) in [6.07, 6.45) is 11.1. The fourth-order valence-corrected chi connectivity index (χ4v) is 5.12. The minimum Gasteiger partial charge on any atom is -0.490 e. The molecule has 0 bridgehead atoms. The van der Waals surface area contributed by atoms with E-state index in [-0.39, 0.29) is 6.29 Å². The van der Waals surface area contributed by atoms with Crippen molar-refractivity contribution in [1.82, 2.24) is 0 Å². The van der Waals surface area contributed by atoms with E-state index in [0.717, 1.165) is 42.3 Å². The van der Waals surface area contributed by atoms with Crippen molar-refractivity contribution in [1.29, 1.82) is 0 Å². The molecule has 1 aliphatic heterocycles. The summed E-state index contributed by atoms with van der Waals surface area (Å²) in [5, 5.41) is 0. The van der Waals surface area contributed by atoms with Crippen LogP contribution in [0.15, 0.2) is 24.3 Å². The van der Waals surface area contributed by atoms with Crippen molar-refractivity contribution in [2.75, 3.05) is 13.2 Å². The molecule has 27 heavy (non-hydrogen) atoms. The Morgan fingerprint density at radius 1 is 0.704 bits per heavy atom. The van der Waals surface area contributed by atoms with Gasteiger partial charge in [-0.1, -0.05) is 38.8 Å². The standard InChI is InChI=1S/C24H36O3/c1-17-3-5-19(6-4-17)20-7-11-22(12-8-20)27-23-13-9-21(10-14-23)24-25-15-18(2)16-26-24/h9-10,13-14,17-20,22,24H,3-8,11-12,15-16H2,1-2H3. The minimum absolute atomic E-state index is 0.219. The van der Waals surface area contributed by atoms with Gasteiger partial charge in [-0.25, -0.2) is 0 Å². The molecule has 2 saturated carbocycles. The van der Waals surface area contributed by atoms with Crippen molar-refractivity contribution >= 4 is 0 Å². The van der Waals surface area contributed by atoms with Crippen molar-refractivity contribution in [2.24, 2.45) is 23.7 Å². The first-order chi connectivity index (χ1) is 13.2. The van der Waals surface area contributed by atoms with Gasteiger partial charge in [0.25, 0.3) is 0 Å². The van der Waals surface area contributed by atoms with Crippen LogP contribution in [0, 0.1) is 23.7 Å². The predicted molar refractivity (Wildman–Crippen MR) is 108 cm³/mol. The highest BCUT2D eigenvalue weighted by molar-refractivity contribution is 5.28. The molecule has 0 spiro atoms. The molecule has 3 nitrogen and oxygen atoms in total. The van der Waals surface area contributed by atoms with Crippen LogP contribution in [0.5, 0.6) is 5.75 Å². The zero-order chi connectivity index (χ0) is 18.6. The van der Waals surface area contributed by atoms with Crippen LogP contribution in [0.25, 0.3) is 0 Å². The molecule has 4 rings (SSSR count). The van der Waals surface area contributed by atoms with Gasteiger partial charge in [0.2, 0.25) is 0 Å². The fraction of sp³-hybridized carbons (Fsp3) is 0.750. The molecule has 1 heterocycles. The predicted octanol–water partition coefficient (Wildman–Crippen LogP) is 6.13. The van der Waals surface area contributed by atoms with Gasteiger partial charge in [0.1, 0.15) is 5.75 Å². The Hall–Kier alpha value is -1.06. The maximum Gasteiger partial charge on any atom is 0.183 e. The normalized spacial score (nSPS) is 37.7. The summed E-state index contributed by atoms with van der Waals surface area (Å²) in [4.78, 5) is 0. The second-order valence-corrected chi connectivity index (χ2v) is 9.35. The topological polar surface area (TPSA) is 27.7 Å². The Bertz CT molecular complexity index is 560. The molecule has 1 saturated heterocycles. The van der Waals surface area contributed by atoms with Gasteiger partial charge in [-0.2, -0.15) is 0 Å². The first kappa shape index (κ1) is 19.3. The van der Waals surface area contributed by atoms with Crippen molar-refractivity contribution in [3.8, 4) is 5.75 Å². The van der Waals surface area contributed by atoms with Gasteiger partial charge in [-0.3, -0.25) is 0 Å². The molecule has 0 amide bonds. The highest BCUT2D eigenvalue weighted by Gasteiger charge is 2.30. The van der Waals surface area contributed by atoms with E-state index in [1.54, 1.807) is 0 Å². The van der Waals surface area contributed by atoms with E-state index < -0.39 is 0 Å². The van der Waals surface area contributed by atoms with Crippen LogP contribution in [-0.2, 0) is 9.47 Å². The lowest BCUT2D eigenvalue weighted by Crippen LogP contribution is -2.29. The van der Waals surface area contributed by atoms with Gasteiger partial charge < -0.3 is 14.2 Å². The Morgan fingerprint density at radius 3 is 1.85 bits per heavy atom. The maximum atomic E-state index is 6.29. The van der Waals surface area contributed by atoms with Gasteiger partial charge in [-0.05, 0) is 68.4 Å². The van der Waals surface area contributed by atoms with Crippen molar-refractivity contribution in [3.05, 3.63) is 29.8 Å². The SMILES string of the molecule is CC1CCC(C2CCC(Oc3ccc(C4OCC(C)CO4)cc3)CC2)CC1. The number of ether oxygens (including phenoxy) is 3. The molecule has 0 N–H and O–H groups in total. The number of benzene rings is 1. The fourth-order valence-electron chi connectivity index (χ4n) is 5.12. The van der Waals surface area contributed by atoms with Crippen LogP contribution in [0.2, 0.25) is 0 Å². The lowest BCUT2D eigenvalue weighted by molar-refractivity contribution is -0.202. The van der Waals surface area contributed by atoms with E-state index in [1.165, 1.54) is 51.4 Å². The Kier molecular flexibility index (Phi) is 6.39. The Balaban J connectivity index is 1.23. The van der Waals surface area contributed by atoms with Crippen molar-refractivity contribution in [2.45, 2.75) is 77.6 Å². The monoisotopic (exact) mass is 372 g/mol. The Labute approximate surface area is 164 Å². The first-order valence-electron chi connectivity index (χ1n) is 11.2. The molecule has 0 atom stereocenters. The van der Waals surface area contributed by atoms with Crippen LogP contribution in [0.4, 0.5) is 0 Å². The molecular weight excluding hydrogens is 336 g/mol. The molecule has 150 valence electrons. The maximum absolute atomic E-state index is 6.29. The van der Waals surface area contributed by atoms with E-state index >= 15 is 0 Å². The molecule has 2 aliphatic carbocycles.